The second kappa shape index (κ2) is 5.48. The van der Waals surface area contributed by atoms with Crippen molar-refractivity contribution in [1.29, 1.82) is 0 Å². The van der Waals surface area contributed by atoms with Gasteiger partial charge in [0.2, 0.25) is 0 Å². The van der Waals surface area contributed by atoms with Gasteiger partial charge >= 0.3 is 0 Å². The van der Waals surface area contributed by atoms with Crippen molar-refractivity contribution in [3.8, 4) is 0 Å². The van der Waals surface area contributed by atoms with E-state index in [4.69, 9.17) is 0 Å². The number of carbonyl (C=O) groups excluding carboxylic acids is 2. The van der Waals surface area contributed by atoms with Gasteiger partial charge in [0, 0.05) is 29.6 Å². The van der Waals surface area contributed by atoms with Crippen LogP contribution >= 0.6 is 0 Å². The highest BCUT2D eigenvalue weighted by molar-refractivity contribution is 6.13. The van der Waals surface area contributed by atoms with E-state index in [1.807, 2.05) is 13.0 Å². The molecule has 2 heterocycles. The fourth-order valence-electron chi connectivity index (χ4n) is 2.38. The van der Waals surface area contributed by atoms with Crippen LogP contribution < -0.4 is 5.32 Å². The van der Waals surface area contributed by atoms with Gasteiger partial charge in [-0.05, 0) is 26.0 Å². The summed E-state index contributed by atoms with van der Waals surface area (Å²) in [5.74, 6) is -0.549. The van der Waals surface area contributed by atoms with Gasteiger partial charge in [0.1, 0.15) is 5.69 Å². The normalized spacial score (nSPS) is 22.3. The van der Waals surface area contributed by atoms with Gasteiger partial charge in [-0.15, -0.1) is 0 Å². The zero-order chi connectivity index (χ0) is 15.7. The smallest absolute Gasteiger partial charge is 0.297 e. The van der Waals surface area contributed by atoms with Crippen LogP contribution in [-0.2, 0) is 4.79 Å². The standard InChI is InChI=1S/C16H14N4O2/c1-9-10(2)15(21)20-13-7-11(3-4-12(9)13)19-16(22)14-8-17-5-6-18-14/h3-8,12H,1-2H3,(H,20,21). The van der Waals surface area contributed by atoms with Crippen LogP contribution in [0.5, 0.6) is 0 Å². The Morgan fingerprint density at radius 3 is 2.86 bits per heavy atom. The van der Waals surface area contributed by atoms with Crippen molar-refractivity contribution in [3.63, 3.8) is 0 Å². The fraction of sp³-hybridized carbons (Fsp3) is 0.188. The Morgan fingerprint density at radius 2 is 2.14 bits per heavy atom. The molecule has 0 saturated carbocycles. The quantitative estimate of drug-likeness (QED) is 0.852. The van der Waals surface area contributed by atoms with E-state index in [9.17, 15) is 9.59 Å². The van der Waals surface area contributed by atoms with Crippen LogP contribution in [-0.4, -0.2) is 27.5 Å². The van der Waals surface area contributed by atoms with Crippen LogP contribution in [0.15, 0.2) is 58.7 Å². The number of nitrogens with zero attached hydrogens (tertiary/aromatic N) is 3. The number of fused-ring (bicyclic) bond motifs is 1. The molecule has 1 unspecified atom stereocenters. The van der Waals surface area contributed by atoms with Crippen molar-refractivity contribution in [2.45, 2.75) is 13.8 Å². The average Bonchev–Trinajstić information content (AvgIpc) is 2.53. The number of hydrogen-bond donors (Lipinski definition) is 1. The summed E-state index contributed by atoms with van der Waals surface area (Å²) >= 11 is 0. The summed E-state index contributed by atoms with van der Waals surface area (Å²) in [6.07, 6.45) is 9.72. The highest BCUT2D eigenvalue weighted by Crippen LogP contribution is 2.29. The number of aliphatic imine (C=N–C) groups is 1. The highest BCUT2D eigenvalue weighted by Gasteiger charge is 2.27. The van der Waals surface area contributed by atoms with Crippen LogP contribution in [0.4, 0.5) is 0 Å². The summed E-state index contributed by atoms with van der Waals surface area (Å²) in [4.78, 5) is 35.6. The van der Waals surface area contributed by atoms with Crippen LogP contribution in [0.25, 0.3) is 0 Å². The van der Waals surface area contributed by atoms with Crippen molar-refractivity contribution in [2.24, 2.45) is 10.9 Å². The third-order valence-corrected chi connectivity index (χ3v) is 3.77. The molecule has 6 nitrogen and oxygen atoms in total. The number of hydrogen-bond acceptors (Lipinski definition) is 4. The number of rotatable bonds is 1. The summed E-state index contributed by atoms with van der Waals surface area (Å²) in [7, 11) is 0. The molecule has 2 aliphatic rings. The molecule has 0 bridgehead atoms. The number of amides is 2. The molecule has 1 aromatic heterocycles. The third-order valence-electron chi connectivity index (χ3n) is 3.77. The van der Waals surface area contributed by atoms with E-state index in [-0.39, 0.29) is 17.5 Å². The molecule has 110 valence electrons. The zero-order valence-corrected chi connectivity index (χ0v) is 12.2. The molecular formula is C16H14N4O2. The summed E-state index contributed by atoms with van der Waals surface area (Å²) in [6.45, 7) is 3.74. The minimum Gasteiger partial charge on any atom is -0.325 e. The Balaban J connectivity index is 1.90. The lowest BCUT2D eigenvalue weighted by atomic mass is 9.85. The maximum atomic E-state index is 12.0. The number of nitrogens with one attached hydrogen (secondary N) is 1. The number of aromatic nitrogens is 2. The summed E-state index contributed by atoms with van der Waals surface area (Å²) in [6, 6.07) is 0. The zero-order valence-electron chi connectivity index (χ0n) is 12.2. The molecule has 1 N–H and O–H groups in total. The lowest BCUT2D eigenvalue weighted by Crippen LogP contribution is -2.35. The summed E-state index contributed by atoms with van der Waals surface area (Å²) in [5.41, 5.74) is 3.13. The van der Waals surface area contributed by atoms with E-state index in [0.717, 1.165) is 16.8 Å². The van der Waals surface area contributed by atoms with Crippen molar-refractivity contribution >= 4 is 17.5 Å². The van der Waals surface area contributed by atoms with Gasteiger partial charge in [-0.1, -0.05) is 11.6 Å². The van der Waals surface area contributed by atoms with E-state index in [2.05, 4.69) is 20.3 Å². The van der Waals surface area contributed by atoms with Gasteiger partial charge in [-0.25, -0.2) is 9.98 Å². The molecule has 6 heteroatoms. The number of allylic oxidation sites excluding steroid dienone is 3. The first-order valence-electron chi connectivity index (χ1n) is 6.84. The second-order valence-corrected chi connectivity index (χ2v) is 5.13. The van der Waals surface area contributed by atoms with Crippen molar-refractivity contribution in [2.75, 3.05) is 0 Å². The van der Waals surface area contributed by atoms with E-state index >= 15 is 0 Å². The minimum absolute atomic E-state index is 0.0308. The van der Waals surface area contributed by atoms with E-state index in [0.29, 0.717) is 5.71 Å². The van der Waals surface area contributed by atoms with Gasteiger partial charge in [0.25, 0.3) is 11.8 Å². The lowest BCUT2D eigenvalue weighted by molar-refractivity contribution is -0.117. The SMILES string of the molecule is CC1=C(C)C2C=CC(=NC(=O)c3cnccn3)C=C2NC1=O. The average molecular weight is 294 g/mol. The first kappa shape index (κ1) is 14.1. The molecule has 1 aliphatic heterocycles. The molecule has 0 spiro atoms. The van der Waals surface area contributed by atoms with Crippen molar-refractivity contribution < 1.29 is 9.59 Å². The van der Waals surface area contributed by atoms with Gasteiger partial charge in [0.05, 0.1) is 11.9 Å². The Morgan fingerprint density at radius 1 is 1.32 bits per heavy atom. The maximum absolute atomic E-state index is 12.0. The molecule has 0 radical (unpaired) electrons. The molecule has 1 aromatic rings. The van der Waals surface area contributed by atoms with Gasteiger partial charge in [-0.2, -0.15) is 0 Å². The Kier molecular flexibility index (Phi) is 3.50. The molecule has 3 rings (SSSR count). The monoisotopic (exact) mass is 294 g/mol. The first-order valence-corrected chi connectivity index (χ1v) is 6.84. The highest BCUT2D eigenvalue weighted by atomic mass is 16.2. The second-order valence-electron chi connectivity index (χ2n) is 5.13. The Hall–Kier alpha value is -2.89. The molecule has 0 fully saturated rings. The third kappa shape index (κ3) is 2.50. The molecule has 0 saturated heterocycles. The van der Waals surface area contributed by atoms with E-state index < -0.39 is 5.91 Å². The predicted octanol–water partition coefficient (Wildman–Crippen LogP) is 1.59. The van der Waals surface area contributed by atoms with Gasteiger partial charge in [0.15, 0.2) is 0 Å². The van der Waals surface area contributed by atoms with Gasteiger partial charge < -0.3 is 5.32 Å². The fourth-order valence-corrected chi connectivity index (χ4v) is 2.38. The van der Waals surface area contributed by atoms with E-state index in [1.54, 1.807) is 19.1 Å². The lowest BCUT2D eigenvalue weighted by Gasteiger charge is -2.28. The topological polar surface area (TPSA) is 84.3 Å². The molecule has 1 atom stereocenters. The molecule has 2 amide bonds. The van der Waals surface area contributed by atoms with Crippen molar-refractivity contribution in [3.05, 3.63) is 59.4 Å². The first-order chi connectivity index (χ1) is 10.6. The maximum Gasteiger partial charge on any atom is 0.297 e. The minimum atomic E-state index is -0.464. The molecular weight excluding hydrogens is 280 g/mol. The van der Waals surface area contributed by atoms with Crippen LogP contribution in [0.1, 0.15) is 24.3 Å². The molecule has 22 heavy (non-hydrogen) atoms. The summed E-state index contributed by atoms with van der Waals surface area (Å²) in [5, 5.41) is 2.83. The van der Waals surface area contributed by atoms with Crippen LogP contribution in [0.3, 0.4) is 0 Å². The Bertz CT molecular complexity index is 773. The van der Waals surface area contributed by atoms with E-state index in [1.165, 1.54) is 18.6 Å². The van der Waals surface area contributed by atoms with Crippen molar-refractivity contribution in [1.82, 2.24) is 15.3 Å². The largest absolute Gasteiger partial charge is 0.325 e. The van der Waals surface area contributed by atoms with Crippen LogP contribution in [0.2, 0.25) is 0 Å². The molecule has 0 aromatic carbocycles. The number of carbonyl (C=O) groups is 2. The summed E-state index contributed by atoms with van der Waals surface area (Å²) < 4.78 is 0. The Labute approximate surface area is 127 Å². The molecule has 1 aliphatic carbocycles. The predicted molar refractivity (Wildman–Crippen MR) is 81.0 cm³/mol. The van der Waals surface area contributed by atoms with Gasteiger partial charge in [-0.3, -0.25) is 14.6 Å². The van der Waals surface area contributed by atoms with Crippen LogP contribution in [0, 0.1) is 5.92 Å².